The Morgan fingerprint density at radius 2 is 1.59 bits per heavy atom. The van der Waals surface area contributed by atoms with Crippen LogP contribution >= 0.6 is 0 Å². The molecular weight excluding hydrogens is 360 g/mol. The third-order valence-electron chi connectivity index (χ3n) is 4.85. The van der Waals surface area contributed by atoms with E-state index < -0.39 is 0 Å². The molecule has 5 heteroatoms. The summed E-state index contributed by atoms with van der Waals surface area (Å²) < 4.78 is 0. The molecular formula is C24H22N4O. The number of benzene rings is 3. The van der Waals surface area contributed by atoms with Crippen molar-refractivity contribution in [2.24, 2.45) is 0 Å². The molecule has 1 aromatic heterocycles. The second kappa shape index (κ2) is 8.10. The molecule has 0 fully saturated rings. The number of hydrogen-bond acceptors (Lipinski definition) is 4. The van der Waals surface area contributed by atoms with Gasteiger partial charge in [0.15, 0.2) is 5.82 Å². The minimum Gasteiger partial charge on any atom is -0.338 e. The van der Waals surface area contributed by atoms with Crippen molar-refractivity contribution >= 4 is 33.9 Å². The van der Waals surface area contributed by atoms with Gasteiger partial charge in [0.2, 0.25) is 5.91 Å². The molecule has 5 nitrogen and oxygen atoms in total. The predicted octanol–water partition coefficient (Wildman–Crippen LogP) is 5.17. The van der Waals surface area contributed by atoms with E-state index in [9.17, 15) is 4.79 Å². The number of nitrogens with zero attached hydrogens (tertiary/aromatic N) is 2. The SMILES string of the molecule is Cc1ccc(Nc2nnc(C)c3ccccc23)cc1NC(=O)Cc1ccccc1. The molecule has 0 saturated carbocycles. The van der Waals surface area contributed by atoms with E-state index in [1.807, 2.05) is 86.6 Å². The Balaban J connectivity index is 1.56. The molecule has 4 rings (SSSR count). The zero-order valence-electron chi connectivity index (χ0n) is 16.4. The van der Waals surface area contributed by atoms with Crippen LogP contribution in [0.25, 0.3) is 10.8 Å². The van der Waals surface area contributed by atoms with Crippen molar-refractivity contribution in [1.29, 1.82) is 0 Å². The molecule has 0 bridgehead atoms. The van der Waals surface area contributed by atoms with Crippen LogP contribution in [0.1, 0.15) is 16.8 Å². The van der Waals surface area contributed by atoms with Crippen molar-refractivity contribution < 1.29 is 4.79 Å². The summed E-state index contributed by atoms with van der Waals surface area (Å²) in [5.41, 5.74) is 4.49. The summed E-state index contributed by atoms with van der Waals surface area (Å²) in [6.07, 6.45) is 0.339. The fourth-order valence-electron chi connectivity index (χ4n) is 3.28. The molecule has 0 aliphatic rings. The lowest BCUT2D eigenvalue weighted by Crippen LogP contribution is -2.15. The van der Waals surface area contributed by atoms with Crippen molar-refractivity contribution in [1.82, 2.24) is 10.2 Å². The van der Waals surface area contributed by atoms with Gasteiger partial charge in [0.05, 0.1) is 12.1 Å². The number of anilines is 3. The highest BCUT2D eigenvalue weighted by Crippen LogP contribution is 2.27. The van der Waals surface area contributed by atoms with E-state index in [1.54, 1.807) is 0 Å². The maximum Gasteiger partial charge on any atom is 0.228 e. The number of fused-ring (bicyclic) bond motifs is 1. The minimum absolute atomic E-state index is 0.0444. The summed E-state index contributed by atoms with van der Waals surface area (Å²) in [7, 11) is 0. The zero-order chi connectivity index (χ0) is 20.2. The first kappa shape index (κ1) is 18.6. The highest BCUT2D eigenvalue weighted by molar-refractivity contribution is 5.96. The van der Waals surface area contributed by atoms with Gasteiger partial charge in [0.25, 0.3) is 0 Å². The smallest absolute Gasteiger partial charge is 0.228 e. The zero-order valence-corrected chi connectivity index (χ0v) is 16.4. The number of amides is 1. The molecule has 0 spiro atoms. The first-order valence-electron chi connectivity index (χ1n) is 9.53. The molecule has 1 amide bonds. The average Bonchev–Trinajstić information content (AvgIpc) is 2.73. The maximum absolute atomic E-state index is 12.5. The lowest BCUT2D eigenvalue weighted by molar-refractivity contribution is -0.115. The highest BCUT2D eigenvalue weighted by Gasteiger charge is 2.10. The monoisotopic (exact) mass is 382 g/mol. The quantitative estimate of drug-likeness (QED) is 0.500. The lowest BCUT2D eigenvalue weighted by atomic mass is 10.1. The second-order valence-corrected chi connectivity index (χ2v) is 7.04. The predicted molar refractivity (Wildman–Crippen MR) is 118 cm³/mol. The Morgan fingerprint density at radius 3 is 2.38 bits per heavy atom. The van der Waals surface area contributed by atoms with E-state index in [2.05, 4.69) is 20.8 Å². The van der Waals surface area contributed by atoms with Gasteiger partial charge < -0.3 is 10.6 Å². The molecule has 0 saturated heterocycles. The summed E-state index contributed by atoms with van der Waals surface area (Å²) in [5.74, 6) is 0.647. The maximum atomic E-state index is 12.5. The van der Waals surface area contributed by atoms with Gasteiger partial charge in [0, 0.05) is 22.1 Å². The standard InChI is InChI=1S/C24H22N4O/c1-16-12-13-19(15-22(16)26-23(29)14-18-8-4-3-5-9-18)25-24-21-11-7-6-10-20(21)17(2)27-28-24/h3-13,15H,14H2,1-2H3,(H,25,28)(H,26,29). The van der Waals surface area contributed by atoms with Gasteiger partial charge in [-0.3, -0.25) is 4.79 Å². The van der Waals surface area contributed by atoms with Gasteiger partial charge in [-0.15, -0.1) is 5.10 Å². The van der Waals surface area contributed by atoms with Gasteiger partial charge >= 0.3 is 0 Å². The Kier molecular flexibility index (Phi) is 5.20. The number of aromatic nitrogens is 2. The van der Waals surface area contributed by atoms with E-state index in [1.165, 1.54) is 0 Å². The van der Waals surface area contributed by atoms with E-state index in [0.29, 0.717) is 12.2 Å². The Hall–Kier alpha value is -3.73. The van der Waals surface area contributed by atoms with Crippen LogP contribution in [0.2, 0.25) is 0 Å². The first-order valence-corrected chi connectivity index (χ1v) is 9.53. The molecule has 4 aromatic rings. The van der Waals surface area contributed by atoms with Crippen LogP contribution in [0.15, 0.2) is 72.8 Å². The van der Waals surface area contributed by atoms with Gasteiger partial charge in [-0.05, 0) is 37.1 Å². The number of aryl methyl sites for hydroxylation is 2. The van der Waals surface area contributed by atoms with Crippen molar-refractivity contribution in [3.05, 3.63) is 89.6 Å². The number of carbonyl (C=O) groups excluding carboxylic acids is 1. The summed E-state index contributed by atoms with van der Waals surface area (Å²) in [6.45, 7) is 3.92. The number of hydrogen-bond donors (Lipinski definition) is 2. The molecule has 0 aliphatic heterocycles. The van der Waals surface area contributed by atoms with Crippen LogP contribution in [0.4, 0.5) is 17.2 Å². The molecule has 0 aliphatic carbocycles. The van der Waals surface area contributed by atoms with Gasteiger partial charge in [-0.2, -0.15) is 5.10 Å². The number of rotatable bonds is 5. The Labute approximate surface area is 169 Å². The molecule has 0 unspecified atom stereocenters. The van der Waals surface area contributed by atoms with Crippen molar-refractivity contribution in [3.8, 4) is 0 Å². The van der Waals surface area contributed by atoms with E-state index >= 15 is 0 Å². The van der Waals surface area contributed by atoms with E-state index in [4.69, 9.17) is 0 Å². The highest BCUT2D eigenvalue weighted by atomic mass is 16.1. The fraction of sp³-hybridized carbons (Fsp3) is 0.125. The topological polar surface area (TPSA) is 66.9 Å². The van der Waals surface area contributed by atoms with E-state index in [-0.39, 0.29) is 5.91 Å². The van der Waals surface area contributed by atoms with Crippen LogP contribution in [0.5, 0.6) is 0 Å². The van der Waals surface area contributed by atoms with Crippen LogP contribution in [0.3, 0.4) is 0 Å². The fourth-order valence-corrected chi connectivity index (χ4v) is 3.28. The van der Waals surface area contributed by atoms with Gasteiger partial charge in [-0.1, -0.05) is 60.7 Å². The molecule has 0 radical (unpaired) electrons. The molecule has 2 N–H and O–H groups in total. The molecule has 1 heterocycles. The van der Waals surface area contributed by atoms with Crippen molar-refractivity contribution in [2.75, 3.05) is 10.6 Å². The van der Waals surface area contributed by atoms with Gasteiger partial charge in [0.1, 0.15) is 0 Å². The van der Waals surface area contributed by atoms with Crippen LogP contribution in [-0.4, -0.2) is 16.1 Å². The molecule has 29 heavy (non-hydrogen) atoms. The largest absolute Gasteiger partial charge is 0.338 e. The third-order valence-corrected chi connectivity index (χ3v) is 4.85. The van der Waals surface area contributed by atoms with Gasteiger partial charge in [-0.25, -0.2) is 0 Å². The number of carbonyl (C=O) groups is 1. The lowest BCUT2D eigenvalue weighted by Gasteiger charge is -2.13. The Bertz CT molecular complexity index is 1170. The van der Waals surface area contributed by atoms with Crippen LogP contribution < -0.4 is 10.6 Å². The van der Waals surface area contributed by atoms with Crippen LogP contribution in [0, 0.1) is 13.8 Å². The third kappa shape index (κ3) is 4.24. The minimum atomic E-state index is -0.0444. The molecule has 0 atom stereocenters. The molecule has 144 valence electrons. The van der Waals surface area contributed by atoms with Crippen molar-refractivity contribution in [2.45, 2.75) is 20.3 Å². The number of nitrogens with one attached hydrogen (secondary N) is 2. The molecule has 3 aromatic carbocycles. The summed E-state index contributed by atoms with van der Waals surface area (Å²) in [6, 6.07) is 23.6. The van der Waals surface area contributed by atoms with Crippen LogP contribution in [-0.2, 0) is 11.2 Å². The summed E-state index contributed by atoms with van der Waals surface area (Å²) in [5, 5.41) is 17.0. The Morgan fingerprint density at radius 1 is 0.862 bits per heavy atom. The van der Waals surface area contributed by atoms with Crippen molar-refractivity contribution in [3.63, 3.8) is 0 Å². The normalized spacial score (nSPS) is 10.7. The van der Waals surface area contributed by atoms with E-state index in [0.717, 1.165) is 39.0 Å². The second-order valence-electron chi connectivity index (χ2n) is 7.04. The summed E-state index contributed by atoms with van der Waals surface area (Å²) >= 11 is 0. The average molecular weight is 382 g/mol. The first-order chi connectivity index (χ1) is 14.1. The summed E-state index contributed by atoms with van der Waals surface area (Å²) in [4.78, 5) is 12.5.